The summed E-state index contributed by atoms with van der Waals surface area (Å²) in [5.74, 6) is 1.28. The van der Waals surface area contributed by atoms with Crippen LogP contribution in [0.3, 0.4) is 0 Å². The molecule has 0 spiro atoms. The number of amides is 2. The van der Waals surface area contributed by atoms with Crippen molar-refractivity contribution in [2.75, 3.05) is 19.6 Å². The number of para-hydroxylation sites is 1. The van der Waals surface area contributed by atoms with Crippen LogP contribution < -0.4 is 10.1 Å². The normalized spacial score (nSPS) is 14.4. The Kier molecular flexibility index (Phi) is 7.98. The number of likely N-dealkylation sites (tertiary alicyclic amines) is 1. The first-order chi connectivity index (χ1) is 17.3. The summed E-state index contributed by atoms with van der Waals surface area (Å²) in [7, 11) is 0. The maximum atomic E-state index is 12.6. The smallest absolute Gasteiger partial charge is 0.410 e. The lowest BCUT2D eigenvalue weighted by molar-refractivity contribution is 0.0127. The van der Waals surface area contributed by atoms with E-state index >= 15 is 0 Å². The minimum absolute atomic E-state index is 0.0273. The van der Waals surface area contributed by atoms with E-state index in [0.29, 0.717) is 44.0 Å². The Morgan fingerprint density at radius 2 is 1.67 bits per heavy atom. The van der Waals surface area contributed by atoms with Crippen molar-refractivity contribution in [1.29, 1.82) is 0 Å². The Labute approximate surface area is 212 Å². The molecule has 2 aromatic carbocycles. The van der Waals surface area contributed by atoms with Gasteiger partial charge in [0, 0.05) is 32.5 Å². The zero-order valence-electron chi connectivity index (χ0n) is 21.2. The van der Waals surface area contributed by atoms with Crippen LogP contribution in [-0.4, -0.2) is 48.2 Å². The molecule has 7 heteroatoms. The highest BCUT2D eigenvalue weighted by Crippen LogP contribution is 2.33. The lowest BCUT2D eigenvalue weighted by atomic mass is 10.1. The predicted octanol–water partition coefficient (Wildman–Crippen LogP) is 5.70. The number of nitrogens with zero attached hydrogens (tertiary/aromatic N) is 1. The number of carbonyl (C=O) groups excluding carboxylic acids is 2. The topological polar surface area (TPSA) is 81.0 Å². The average Bonchev–Trinajstić information content (AvgIpc) is 3.35. The molecule has 1 saturated heterocycles. The standard InChI is InChI=1S/C29H34N2O5/c1-29(2,3)36-28(33)31-19-16-22(17-20-31)34-24-12-8-7-11-23(24)25-13-14-26(35-25)27(32)30-18-15-21-9-5-4-6-10-21/h4-14,22H,15-20H2,1-3H3,(H,30,32). The van der Waals surface area contributed by atoms with Crippen LogP contribution in [0, 0.1) is 0 Å². The lowest BCUT2D eigenvalue weighted by Crippen LogP contribution is -2.44. The van der Waals surface area contributed by atoms with Crippen molar-refractivity contribution < 1.29 is 23.5 Å². The van der Waals surface area contributed by atoms with Crippen molar-refractivity contribution in [3.63, 3.8) is 0 Å². The Bertz CT molecular complexity index is 1160. The van der Waals surface area contributed by atoms with Crippen molar-refractivity contribution in [2.45, 2.75) is 51.7 Å². The largest absolute Gasteiger partial charge is 0.490 e. The quantitative estimate of drug-likeness (QED) is 0.460. The van der Waals surface area contributed by atoms with Gasteiger partial charge in [-0.25, -0.2) is 4.79 Å². The van der Waals surface area contributed by atoms with Gasteiger partial charge < -0.3 is 24.1 Å². The minimum Gasteiger partial charge on any atom is -0.490 e. The van der Waals surface area contributed by atoms with Gasteiger partial charge >= 0.3 is 6.09 Å². The molecule has 1 aliphatic heterocycles. The molecule has 0 atom stereocenters. The van der Waals surface area contributed by atoms with E-state index < -0.39 is 5.60 Å². The molecule has 1 fully saturated rings. The van der Waals surface area contributed by atoms with Crippen LogP contribution in [0.1, 0.15) is 49.7 Å². The number of hydrogen-bond donors (Lipinski definition) is 1. The van der Waals surface area contributed by atoms with Crippen molar-refractivity contribution in [3.8, 4) is 17.1 Å². The summed E-state index contributed by atoms with van der Waals surface area (Å²) < 4.78 is 17.7. The summed E-state index contributed by atoms with van der Waals surface area (Å²) in [5.41, 5.74) is 1.45. The van der Waals surface area contributed by atoms with Crippen LogP contribution in [0.15, 0.2) is 71.1 Å². The third-order valence-corrected chi connectivity index (χ3v) is 5.91. The third kappa shape index (κ3) is 6.90. The Morgan fingerprint density at radius 1 is 0.972 bits per heavy atom. The van der Waals surface area contributed by atoms with Gasteiger partial charge in [0.05, 0.1) is 5.56 Å². The Balaban J connectivity index is 1.33. The second-order valence-corrected chi connectivity index (χ2v) is 9.94. The van der Waals surface area contributed by atoms with Crippen LogP contribution in [0.2, 0.25) is 0 Å². The van der Waals surface area contributed by atoms with Gasteiger partial charge in [-0.05, 0) is 57.0 Å². The second kappa shape index (κ2) is 11.3. The number of carbonyl (C=O) groups is 2. The van der Waals surface area contributed by atoms with Crippen molar-refractivity contribution >= 4 is 12.0 Å². The summed E-state index contributed by atoms with van der Waals surface area (Å²) in [6.07, 6.45) is 1.86. The Hall–Kier alpha value is -3.74. The van der Waals surface area contributed by atoms with Gasteiger partial charge in [-0.1, -0.05) is 42.5 Å². The van der Waals surface area contributed by atoms with Crippen molar-refractivity contribution in [2.24, 2.45) is 0 Å². The molecule has 0 saturated carbocycles. The van der Waals surface area contributed by atoms with E-state index in [1.807, 2.05) is 75.4 Å². The second-order valence-electron chi connectivity index (χ2n) is 9.94. The number of nitrogens with one attached hydrogen (secondary N) is 1. The van der Waals surface area contributed by atoms with E-state index in [0.717, 1.165) is 12.0 Å². The maximum absolute atomic E-state index is 12.6. The van der Waals surface area contributed by atoms with Gasteiger partial charge in [0.25, 0.3) is 5.91 Å². The van der Waals surface area contributed by atoms with E-state index in [4.69, 9.17) is 13.9 Å². The van der Waals surface area contributed by atoms with E-state index in [1.54, 1.807) is 17.0 Å². The number of benzene rings is 2. The lowest BCUT2D eigenvalue weighted by Gasteiger charge is -2.33. The fraction of sp³-hybridized carbons (Fsp3) is 0.379. The van der Waals surface area contributed by atoms with Gasteiger partial charge in [-0.3, -0.25) is 4.79 Å². The fourth-order valence-electron chi connectivity index (χ4n) is 4.09. The fourth-order valence-corrected chi connectivity index (χ4v) is 4.09. The molecule has 7 nitrogen and oxygen atoms in total. The zero-order chi connectivity index (χ0) is 25.5. The van der Waals surface area contributed by atoms with Crippen LogP contribution in [0.4, 0.5) is 4.79 Å². The van der Waals surface area contributed by atoms with Crippen molar-refractivity contribution in [3.05, 3.63) is 78.1 Å². The highest BCUT2D eigenvalue weighted by Gasteiger charge is 2.28. The van der Waals surface area contributed by atoms with E-state index in [9.17, 15) is 9.59 Å². The van der Waals surface area contributed by atoms with Gasteiger partial charge in [-0.2, -0.15) is 0 Å². The number of furan rings is 1. The first-order valence-corrected chi connectivity index (χ1v) is 12.4. The average molecular weight is 491 g/mol. The SMILES string of the molecule is CC(C)(C)OC(=O)N1CCC(Oc2ccccc2-c2ccc(C(=O)NCCc3ccccc3)o2)CC1. The van der Waals surface area contributed by atoms with E-state index in [1.165, 1.54) is 5.56 Å². The molecule has 1 aliphatic rings. The van der Waals surface area contributed by atoms with Crippen LogP contribution in [-0.2, 0) is 11.2 Å². The third-order valence-electron chi connectivity index (χ3n) is 5.91. The highest BCUT2D eigenvalue weighted by molar-refractivity contribution is 5.92. The predicted molar refractivity (Wildman–Crippen MR) is 138 cm³/mol. The molecular weight excluding hydrogens is 456 g/mol. The summed E-state index contributed by atoms with van der Waals surface area (Å²) in [6.45, 7) is 7.29. The molecule has 4 rings (SSSR count). The maximum Gasteiger partial charge on any atom is 0.410 e. The van der Waals surface area contributed by atoms with Crippen LogP contribution in [0.5, 0.6) is 5.75 Å². The first-order valence-electron chi connectivity index (χ1n) is 12.4. The molecule has 1 aromatic heterocycles. The summed E-state index contributed by atoms with van der Waals surface area (Å²) in [4.78, 5) is 26.6. The molecule has 2 amide bonds. The van der Waals surface area contributed by atoms with Gasteiger partial charge in [0.2, 0.25) is 0 Å². The van der Waals surface area contributed by atoms with Gasteiger partial charge in [0.1, 0.15) is 23.2 Å². The molecule has 190 valence electrons. The van der Waals surface area contributed by atoms with Crippen molar-refractivity contribution in [1.82, 2.24) is 10.2 Å². The molecule has 0 unspecified atom stereocenters. The number of piperidine rings is 1. The van der Waals surface area contributed by atoms with Gasteiger partial charge in [0.15, 0.2) is 5.76 Å². The van der Waals surface area contributed by atoms with Crippen LogP contribution in [0.25, 0.3) is 11.3 Å². The molecule has 3 aromatic rings. The van der Waals surface area contributed by atoms with E-state index in [2.05, 4.69) is 5.32 Å². The molecule has 2 heterocycles. The number of rotatable bonds is 7. The first kappa shape index (κ1) is 25.4. The van der Waals surface area contributed by atoms with Crippen LogP contribution >= 0.6 is 0 Å². The molecular formula is C29H34N2O5. The summed E-state index contributed by atoms with van der Waals surface area (Å²) >= 11 is 0. The monoisotopic (exact) mass is 490 g/mol. The number of ether oxygens (including phenoxy) is 2. The minimum atomic E-state index is -0.510. The summed E-state index contributed by atoms with van der Waals surface area (Å²) in [6, 6.07) is 21.1. The summed E-state index contributed by atoms with van der Waals surface area (Å²) in [5, 5.41) is 2.91. The zero-order valence-corrected chi connectivity index (χ0v) is 21.2. The van der Waals surface area contributed by atoms with Gasteiger partial charge in [-0.15, -0.1) is 0 Å². The molecule has 0 aliphatic carbocycles. The molecule has 0 radical (unpaired) electrons. The molecule has 36 heavy (non-hydrogen) atoms. The molecule has 0 bridgehead atoms. The molecule has 1 N–H and O–H groups in total. The Morgan fingerprint density at radius 3 is 2.39 bits per heavy atom. The number of hydrogen-bond acceptors (Lipinski definition) is 5. The van der Waals surface area contributed by atoms with E-state index in [-0.39, 0.29) is 23.9 Å². The highest BCUT2D eigenvalue weighted by atomic mass is 16.6.